The molecule has 2 rings (SSSR count). The van der Waals surface area contributed by atoms with Gasteiger partial charge in [-0.1, -0.05) is 12.1 Å². The predicted molar refractivity (Wildman–Crippen MR) is 66.5 cm³/mol. The van der Waals surface area contributed by atoms with Crippen molar-refractivity contribution in [1.29, 1.82) is 0 Å². The molecular formula is C13H14N2O3. The molecule has 0 aliphatic rings. The molecule has 0 amide bonds. The summed E-state index contributed by atoms with van der Waals surface area (Å²) in [4.78, 5) is 11.5. The van der Waals surface area contributed by atoms with Crippen LogP contribution in [0.3, 0.4) is 0 Å². The largest absolute Gasteiger partial charge is 0.497 e. The monoisotopic (exact) mass is 246 g/mol. The van der Waals surface area contributed by atoms with Gasteiger partial charge in [0, 0.05) is 5.56 Å². The molecule has 0 spiro atoms. The Labute approximate surface area is 105 Å². The summed E-state index contributed by atoms with van der Waals surface area (Å²) in [6.45, 7) is 2.10. The van der Waals surface area contributed by atoms with Gasteiger partial charge in [-0.25, -0.2) is 4.79 Å². The molecular weight excluding hydrogens is 232 g/mol. The number of nitrogens with zero attached hydrogens (tertiary/aromatic N) is 1. The van der Waals surface area contributed by atoms with Gasteiger partial charge in [-0.05, 0) is 25.1 Å². The molecule has 0 saturated heterocycles. The summed E-state index contributed by atoms with van der Waals surface area (Å²) in [7, 11) is 1.60. The van der Waals surface area contributed by atoms with Crippen LogP contribution in [-0.4, -0.2) is 29.9 Å². The van der Waals surface area contributed by atoms with Crippen molar-refractivity contribution >= 4 is 5.97 Å². The SMILES string of the molecule is CCOC(=O)c1cc(-c2cccc(OC)c2)n[nH]1. The number of hydrogen-bond donors (Lipinski definition) is 1. The summed E-state index contributed by atoms with van der Waals surface area (Å²) >= 11 is 0. The summed E-state index contributed by atoms with van der Waals surface area (Å²) in [5.74, 6) is 0.340. The minimum absolute atomic E-state index is 0.340. The quantitative estimate of drug-likeness (QED) is 0.840. The van der Waals surface area contributed by atoms with Crippen LogP contribution in [0.4, 0.5) is 0 Å². The molecule has 2 aromatic rings. The topological polar surface area (TPSA) is 64.2 Å². The number of benzene rings is 1. The molecule has 5 nitrogen and oxygen atoms in total. The van der Waals surface area contributed by atoms with Gasteiger partial charge >= 0.3 is 5.97 Å². The van der Waals surface area contributed by atoms with E-state index in [-0.39, 0.29) is 0 Å². The Kier molecular flexibility index (Phi) is 3.62. The number of methoxy groups -OCH3 is 1. The van der Waals surface area contributed by atoms with Crippen molar-refractivity contribution in [3.05, 3.63) is 36.0 Å². The third kappa shape index (κ3) is 2.51. The highest BCUT2D eigenvalue weighted by atomic mass is 16.5. The summed E-state index contributed by atoms with van der Waals surface area (Å²) < 4.78 is 10.0. The van der Waals surface area contributed by atoms with Gasteiger partial charge in [0.05, 0.1) is 19.4 Å². The lowest BCUT2D eigenvalue weighted by Gasteiger charge is -2.01. The molecule has 0 radical (unpaired) electrons. The van der Waals surface area contributed by atoms with E-state index in [0.717, 1.165) is 11.3 Å². The van der Waals surface area contributed by atoms with E-state index in [9.17, 15) is 4.79 Å². The van der Waals surface area contributed by atoms with E-state index in [1.807, 2.05) is 24.3 Å². The van der Waals surface area contributed by atoms with Crippen LogP contribution in [0.5, 0.6) is 5.75 Å². The molecule has 0 aliphatic carbocycles. The zero-order valence-corrected chi connectivity index (χ0v) is 10.3. The number of carbonyl (C=O) groups is 1. The highest BCUT2D eigenvalue weighted by molar-refractivity contribution is 5.88. The summed E-state index contributed by atoms with van der Waals surface area (Å²) in [5.41, 5.74) is 1.90. The number of esters is 1. The van der Waals surface area contributed by atoms with Crippen molar-refractivity contribution in [2.75, 3.05) is 13.7 Å². The molecule has 1 heterocycles. The van der Waals surface area contributed by atoms with E-state index in [2.05, 4.69) is 10.2 Å². The van der Waals surface area contributed by atoms with E-state index in [1.165, 1.54) is 0 Å². The van der Waals surface area contributed by atoms with Crippen LogP contribution >= 0.6 is 0 Å². The average molecular weight is 246 g/mol. The maximum Gasteiger partial charge on any atom is 0.356 e. The molecule has 0 saturated carbocycles. The molecule has 5 heteroatoms. The maximum atomic E-state index is 11.5. The molecule has 0 fully saturated rings. The van der Waals surface area contributed by atoms with Crippen molar-refractivity contribution in [1.82, 2.24) is 10.2 Å². The number of nitrogens with one attached hydrogen (secondary N) is 1. The number of aromatic amines is 1. The number of carbonyl (C=O) groups excluding carboxylic acids is 1. The van der Waals surface area contributed by atoms with Crippen LogP contribution in [0.2, 0.25) is 0 Å². The first-order valence-electron chi connectivity index (χ1n) is 5.61. The van der Waals surface area contributed by atoms with Gasteiger partial charge in [-0.15, -0.1) is 0 Å². The Hall–Kier alpha value is -2.30. The Morgan fingerprint density at radius 2 is 2.22 bits per heavy atom. The van der Waals surface area contributed by atoms with Crippen molar-refractivity contribution < 1.29 is 14.3 Å². The highest BCUT2D eigenvalue weighted by Gasteiger charge is 2.11. The van der Waals surface area contributed by atoms with Crippen LogP contribution in [0.1, 0.15) is 17.4 Å². The zero-order valence-electron chi connectivity index (χ0n) is 10.3. The molecule has 1 aromatic heterocycles. The van der Waals surface area contributed by atoms with Crippen LogP contribution < -0.4 is 4.74 Å². The first-order chi connectivity index (χ1) is 8.74. The molecule has 18 heavy (non-hydrogen) atoms. The fourth-order valence-corrected chi connectivity index (χ4v) is 1.57. The van der Waals surface area contributed by atoms with Gasteiger partial charge in [0.15, 0.2) is 0 Å². The van der Waals surface area contributed by atoms with E-state index < -0.39 is 5.97 Å². The maximum absolute atomic E-state index is 11.5. The number of ether oxygens (including phenoxy) is 2. The third-order valence-electron chi connectivity index (χ3n) is 2.44. The predicted octanol–water partition coefficient (Wildman–Crippen LogP) is 2.26. The molecule has 1 N–H and O–H groups in total. The number of aromatic nitrogens is 2. The number of H-pyrrole nitrogens is 1. The molecule has 0 bridgehead atoms. The highest BCUT2D eigenvalue weighted by Crippen LogP contribution is 2.22. The van der Waals surface area contributed by atoms with Crippen LogP contribution in [0.25, 0.3) is 11.3 Å². The Morgan fingerprint density at radius 3 is 2.94 bits per heavy atom. The fraction of sp³-hybridized carbons (Fsp3) is 0.231. The Balaban J connectivity index is 2.26. The lowest BCUT2D eigenvalue weighted by molar-refractivity contribution is 0.0519. The van der Waals surface area contributed by atoms with Crippen LogP contribution in [0.15, 0.2) is 30.3 Å². The minimum Gasteiger partial charge on any atom is -0.497 e. The van der Waals surface area contributed by atoms with Gasteiger partial charge in [-0.3, -0.25) is 5.10 Å². The normalized spacial score (nSPS) is 10.1. The van der Waals surface area contributed by atoms with Crippen molar-refractivity contribution in [2.45, 2.75) is 6.92 Å². The average Bonchev–Trinajstić information content (AvgIpc) is 2.89. The van der Waals surface area contributed by atoms with Gasteiger partial charge in [0.1, 0.15) is 11.4 Å². The summed E-state index contributed by atoms with van der Waals surface area (Å²) in [6, 6.07) is 9.13. The molecule has 0 unspecified atom stereocenters. The first-order valence-corrected chi connectivity index (χ1v) is 5.61. The molecule has 0 atom stereocenters. The van der Waals surface area contributed by atoms with Gasteiger partial charge in [0.2, 0.25) is 0 Å². The van der Waals surface area contributed by atoms with E-state index in [0.29, 0.717) is 18.0 Å². The summed E-state index contributed by atoms with van der Waals surface area (Å²) in [5, 5.41) is 6.74. The zero-order chi connectivity index (χ0) is 13.0. The van der Waals surface area contributed by atoms with Crippen molar-refractivity contribution in [2.24, 2.45) is 0 Å². The molecule has 94 valence electrons. The number of rotatable bonds is 4. The second kappa shape index (κ2) is 5.35. The Morgan fingerprint density at radius 1 is 1.39 bits per heavy atom. The van der Waals surface area contributed by atoms with Gasteiger partial charge in [0.25, 0.3) is 0 Å². The minimum atomic E-state index is -0.404. The van der Waals surface area contributed by atoms with E-state index >= 15 is 0 Å². The fourth-order valence-electron chi connectivity index (χ4n) is 1.57. The standard InChI is InChI=1S/C13H14N2O3/c1-3-18-13(16)12-8-11(14-15-12)9-5-4-6-10(7-9)17-2/h4-8H,3H2,1-2H3,(H,14,15). The van der Waals surface area contributed by atoms with Gasteiger partial charge in [-0.2, -0.15) is 5.10 Å². The Bertz CT molecular complexity index is 549. The van der Waals surface area contributed by atoms with E-state index in [4.69, 9.17) is 9.47 Å². The first kappa shape index (κ1) is 12.2. The second-order valence-electron chi connectivity index (χ2n) is 3.62. The smallest absolute Gasteiger partial charge is 0.356 e. The van der Waals surface area contributed by atoms with Crippen molar-refractivity contribution in [3.63, 3.8) is 0 Å². The second-order valence-corrected chi connectivity index (χ2v) is 3.62. The lowest BCUT2D eigenvalue weighted by atomic mass is 10.1. The molecule has 0 aliphatic heterocycles. The third-order valence-corrected chi connectivity index (χ3v) is 2.44. The lowest BCUT2D eigenvalue weighted by Crippen LogP contribution is -2.04. The van der Waals surface area contributed by atoms with Crippen molar-refractivity contribution in [3.8, 4) is 17.0 Å². The molecule has 1 aromatic carbocycles. The van der Waals surface area contributed by atoms with Crippen LogP contribution in [-0.2, 0) is 4.74 Å². The summed E-state index contributed by atoms with van der Waals surface area (Å²) in [6.07, 6.45) is 0. The van der Waals surface area contributed by atoms with Crippen LogP contribution in [0, 0.1) is 0 Å². The van der Waals surface area contributed by atoms with Gasteiger partial charge < -0.3 is 9.47 Å². The van der Waals surface area contributed by atoms with E-state index in [1.54, 1.807) is 20.1 Å². The number of hydrogen-bond acceptors (Lipinski definition) is 4.